The third-order valence-corrected chi connectivity index (χ3v) is 7.93. The van der Waals surface area contributed by atoms with Gasteiger partial charge in [0.25, 0.3) is 5.91 Å². The highest BCUT2D eigenvalue weighted by molar-refractivity contribution is 9.10. The second-order valence-electron chi connectivity index (χ2n) is 7.12. The predicted octanol–water partition coefficient (Wildman–Crippen LogP) is 2.82. The summed E-state index contributed by atoms with van der Waals surface area (Å²) in [6, 6.07) is 9.64. The number of piperazine rings is 1. The minimum absolute atomic E-state index is 0.159. The van der Waals surface area contributed by atoms with Crippen LogP contribution in [0, 0.1) is 0 Å². The Labute approximate surface area is 192 Å². The van der Waals surface area contributed by atoms with E-state index in [1.807, 2.05) is 40.6 Å². The van der Waals surface area contributed by atoms with Gasteiger partial charge in [-0.3, -0.25) is 4.79 Å². The van der Waals surface area contributed by atoms with Crippen LogP contribution in [0.3, 0.4) is 0 Å². The number of amides is 1. The van der Waals surface area contributed by atoms with E-state index in [4.69, 9.17) is 10.7 Å². The molecule has 31 heavy (non-hydrogen) atoms. The van der Waals surface area contributed by atoms with Gasteiger partial charge in [-0.25, -0.2) is 18.4 Å². The lowest BCUT2D eigenvalue weighted by Crippen LogP contribution is -2.48. The molecule has 2 N–H and O–H groups in total. The van der Waals surface area contributed by atoms with E-state index in [-0.39, 0.29) is 5.69 Å². The van der Waals surface area contributed by atoms with E-state index in [0.29, 0.717) is 36.8 Å². The number of nitrogens with two attached hydrogens (primary N) is 1. The molecule has 2 aromatic heterocycles. The van der Waals surface area contributed by atoms with Gasteiger partial charge < -0.3 is 10.6 Å². The van der Waals surface area contributed by atoms with E-state index in [9.17, 15) is 13.2 Å². The first-order valence-corrected chi connectivity index (χ1v) is 13.0. The molecule has 4 rings (SSSR count). The molecule has 1 aromatic carbocycles. The molecule has 0 saturated carbocycles. The van der Waals surface area contributed by atoms with Crippen molar-refractivity contribution >= 4 is 48.9 Å². The molecule has 0 radical (unpaired) electrons. The fourth-order valence-electron chi connectivity index (χ4n) is 3.45. The lowest BCUT2D eigenvalue weighted by atomic mass is 10.1. The van der Waals surface area contributed by atoms with Gasteiger partial charge in [0.2, 0.25) is 10.0 Å². The molecule has 0 spiro atoms. The first kappa shape index (κ1) is 21.9. The summed E-state index contributed by atoms with van der Waals surface area (Å²) in [5, 5.41) is 2.57. The molecule has 0 atom stereocenters. The number of carbonyl (C=O) groups excluding carboxylic acids is 1. The molecule has 0 aliphatic carbocycles. The number of anilines is 1. The van der Waals surface area contributed by atoms with Crippen molar-refractivity contribution in [3.05, 3.63) is 52.1 Å². The molecule has 1 amide bonds. The zero-order valence-electron chi connectivity index (χ0n) is 16.7. The Morgan fingerprint density at radius 1 is 1.16 bits per heavy atom. The zero-order chi connectivity index (χ0) is 22.2. The topological polar surface area (TPSA) is 109 Å². The fourth-order valence-corrected chi connectivity index (χ4v) is 5.61. The molecule has 1 fully saturated rings. The molecule has 3 heterocycles. The van der Waals surface area contributed by atoms with Crippen molar-refractivity contribution < 1.29 is 13.2 Å². The molecule has 0 bridgehead atoms. The van der Waals surface area contributed by atoms with Crippen molar-refractivity contribution in [2.24, 2.45) is 5.73 Å². The number of carbonyl (C=O) groups is 1. The van der Waals surface area contributed by atoms with Crippen LogP contribution in [0.1, 0.15) is 10.5 Å². The average molecular weight is 522 g/mol. The molecule has 1 aliphatic rings. The molecule has 11 heteroatoms. The zero-order valence-corrected chi connectivity index (χ0v) is 19.9. The fraction of sp³-hybridized carbons (Fsp3) is 0.250. The number of aromatic nitrogens is 2. The summed E-state index contributed by atoms with van der Waals surface area (Å²) in [4.78, 5) is 23.1. The van der Waals surface area contributed by atoms with Crippen LogP contribution in [0.15, 0.2) is 46.4 Å². The van der Waals surface area contributed by atoms with Crippen LogP contribution in [0.5, 0.6) is 0 Å². The molecule has 162 valence electrons. The molecular formula is C20H20BrN5O3S2. The normalized spacial score (nSPS) is 15.2. The molecule has 8 nitrogen and oxygen atoms in total. The summed E-state index contributed by atoms with van der Waals surface area (Å²) in [5.41, 5.74) is 8.83. The van der Waals surface area contributed by atoms with Crippen molar-refractivity contribution in [1.82, 2.24) is 14.3 Å². The number of benzene rings is 1. The van der Waals surface area contributed by atoms with Gasteiger partial charge >= 0.3 is 0 Å². The highest BCUT2D eigenvalue weighted by atomic mass is 79.9. The van der Waals surface area contributed by atoms with Gasteiger partial charge in [-0.2, -0.15) is 4.31 Å². The molecule has 1 aliphatic heterocycles. The lowest BCUT2D eigenvalue weighted by Gasteiger charge is -2.34. The maximum Gasteiger partial charge on any atom is 0.268 e. The van der Waals surface area contributed by atoms with Crippen molar-refractivity contribution in [2.45, 2.75) is 0 Å². The monoisotopic (exact) mass is 521 g/mol. The molecule has 3 aromatic rings. The number of hydrogen-bond donors (Lipinski definition) is 1. The van der Waals surface area contributed by atoms with Gasteiger partial charge in [0.1, 0.15) is 10.7 Å². The van der Waals surface area contributed by atoms with Crippen LogP contribution in [-0.2, 0) is 10.0 Å². The minimum atomic E-state index is -3.21. The van der Waals surface area contributed by atoms with Crippen molar-refractivity contribution in [3.63, 3.8) is 0 Å². The Hall–Kier alpha value is -2.34. The van der Waals surface area contributed by atoms with E-state index in [1.54, 1.807) is 6.20 Å². The number of primary amides is 1. The van der Waals surface area contributed by atoms with E-state index >= 15 is 0 Å². The quantitative estimate of drug-likeness (QED) is 0.552. The van der Waals surface area contributed by atoms with Crippen LogP contribution in [0.25, 0.3) is 21.8 Å². The van der Waals surface area contributed by atoms with Gasteiger partial charge in [-0.05, 0) is 12.1 Å². The highest BCUT2D eigenvalue weighted by Gasteiger charge is 2.25. The molecule has 1 saturated heterocycles. The summed E-state index contributed by atoms with van der Waals surface area (Å²) < 4.78 is 25.9. The second kappa shape index (κ2) is 8.65. The number of nitrogens with zero attached hydrogens (tertiary/aromatic N) is 4. The Morgan fingerprint density at radius 2 is 1.87 bits per heavy atom. The van der Waals surface area contributed by atoms with Crippen molar-refractivity contribution in [2.75, 3.05) is 37.3 Å². The standard InChI is InChI=1S/C20H20BrN5O3S2/c1-31(28,29)26-8-6-25(7-9-26)13-10-15(18(19(22)27)23-11-13)20-24-17(12-30-20)14-4-2-3-5-16(14)21/h2-5,10-12H,6-9H2,1H3,(H2,22,27). The SMILES string of the molecule is CS(=O)(=O)N1CCN(c2cnc(C(N)=O)c(-c3nc(-c4ccccc4Br)cs3)c2)CC1. The van der Waals surface area contributed by atoms with Crippen molar-refractivity contribution in [1.29, 1.82) is 0 Å². The van der Waals surface area contributed by atoms with Crippen LogP contribution >= 0.6 is 27.3 Å². The summed E-state index contributed by atoms with van der Waals surface area (Å²) in [7, 11) is -3.21. The lowest BCUT2D eigenvalue weighted by molar-refractivity contribution is 0.0996. The first-order chi connectivity index (χ1) is 14.7. The summed E-state index contributed by atoms with van der Waals surface area (Å²) >= 11 is 4.95. The van der Waals surface area contributed by atoms with E-state index < -0.39 is 15.9 Å². The van der Waals surface area contributed by atoms with E-state index in [1.165, 1.54) is 21.9 Å². The maximum atomic E-state index is 12.0. The summed E-state index contributed by atoms with van der Waals surface area (Å²) in [6.07, 6.45) is 2.82. The average Bonchev–Trinajstić information content (AvgIpc) is 3.23. The number of halogens is 1. The van der Waals surface area contributed by atoms with Crippen molar-refractivity contribution in [3.8, 4) is 21.8 Å². The predicted molar refractivity (Wildman–Crippen MR) is 126 cm³/mol. The smallest absolute Gasteiger partial charge is 0.268 e. The second-order valence-corrected chi connectivity index (χ2v) is 10.8. The largest absolute Gasteiger partial charge is 0.368 e. The van der Waals surface area contributed by atoms with Gasteiger partial charge in [0.15, 0.2) is 0 Å². The summed E-state index contributed by atoms with van der Waals surface area (Å²) in [5.74, 6) is -0.624. The van der Waals surface area contributed by atoms with Crippen LogP contribution < -0.4 is 10.6 Å². The number of pyridine rings is 1. The maximum absolute atomic E-state index is 12.0. The van der Waals surface area contributed by atoms with Gasteiger partial charge in [-0.15, -0.1) is 11.3 Å². The highest BCUT2D eigenvalue weighted by Crippen LogP contribution is 2.35. The van der Waals surface area contributed by atoms with Crippen LogP contribution in [-0.4, -0.2) is 61.0 Å². The van der Waals surface area contributed by atoms with E-state index in [0.717, 1.165) is 21.4 Å². The Kier molecular flexibility index (Phi) is 6.11. The number of rotatable bonds is 5. The Bertz CT molecular complexity index is 1240. The van der Waals surface area contributed by atoms with Gasteiger partial charge in [0.05, 0.1) is 23.8 Å². The number of hydrogen-bond acceptors (Lipinski definition) is 7. The number of thiazole rings is 1. The van der Waals surface area contributed by atoms with Crippen LogP contribution in [0.2, 0.25) is 0 Å². The van der Waals surface area contributed by atoms with Crippen LogP contribution in [0.4, 0.5) is 5.69 Å². The van der Waals surface area contributed by atoms with Gasteiger partial charge in [0, 0.05) is 47.2 Å². The summed E-state index contributed by atoms with van der Waals surface area (Å²) in [6.45, 7) is 1.86. The molecule has 0 unspecified atom stereocenters. The first-order valence-electron chi connectivity index (χ1n) is 9.45. The van der Waals surface area contributed by atoms with Gasteiger partial charge in [-0.1, -0.05) is 34.1 Å². The minimum Gasteiger partial charge on any atom is -0.368 e. The third-order valence-electron chi connectivity index (χ3n) is 5.06. The van der Waals surface area contributed by atoms with E-state index in [2.05, 4.69) is 20.9 Å². The third kappa shape index (κ3) is 4.64. The Morgan fingerprint density at radius 3 is 2.52 bits per heavy atom. The number of sulfonamides is 1. The molecular weight excluding hydrogens is 502 g/mol. The Balaban J connectivity index is 1.67.